The number of hydrogen-bond donors (Lipinski definition) is 0. The van der Waals surface area contributed by atoms with Crippen molar-refractivity contribution in [3.63, 3.8) is 0 Å². The van der Waals surface area contributed by atoms with Crippen LogP contribution in [0.15, 0.2) is 47.4 Å². The van der Waals surface area contributed by atoms with Gasteiger partial charge in [0, 0.05) is 43.8 Å². The molecule has 3 rings (SSSR count). The number of aryl methyl sites for hydroxylation is 1. The van der Waals surface area contributed by atoms with E-state index in [2.05, 4.69) is 11.8 Å². The van der Waals surface area contributed by atoms with E-state index < -0.39 is 10.0 Å². The van der Waals surface area contributed by atoms with E-state index in [4.69, 9.17) is 11.6 Å². The van der Waals surface area contributed by atoms with E-state index >= 15 is 0 Å². The average Bonchev–Trinajstić information content (AvgIpc) is 2.73. The van der Waals surface area contributed by atoms with Gasteiger partial charge in [0.25, 0.3) is 15.9 Å². The summed E-state index contributed by atoms with van der Waals surface area (Å²) in [4.78, 5) is 17.2. The zero-order valence-corrected chi connectivity index (χ0v) is 18.5. The molecule has 0 bridgehead atoms. The number of carbonyl (C=O) groups excluding carboxylic acids is 1. The molecule has 2 aromatic rings. The first-order valence-corrected chi connectivity index (χ1v) is 11.4. The van der Waals surface area contributed by atoms with Crippen LogP contribution in [-0.4, -0.2) is 63.9 Å². The molecule has 8 heteroatoms. The van der Waals surface area contributed by atoms with Crippen LogP contribution in [0.3, 0.4) is 0 Å². The fraction of sp³-hybridized carbons (Fsp3) is 0.381. The number of sulfonamides is 1. The second-order valence-corrected chi connectivity index (χ2v) is 9.56. The molecule has 1 fully saturated rings. The lowest BCUT2D eigenvalue weighted by molar-refractivity contribution is 0.0643. The standard InChI is InChI=1S/C21H26ClN3O3S/c1-4-24-11-13-25(14-12-24)21(26)17-6-5-16(2)20(15-17)23(3)29(27,28)19-9-7-18(22)8-10-19/h5-10,15H,4,11-14H2,1-3H3. The molecule has 0 N–H and O–H groups in total. The smallest absolute Gasteiger partial charge is 0.264 e. The zero-order chi connectivity index (χ0) is 21.2. The SMILES string of the molecule is CCN1CCN(C(=O)c2ccc(C)c(N(C)S(=O)(=O)c3ccc(Cl)cc3)c2)CC1. The van der Waals surface area contributed by atoms with E-state index in [9.17, 15) is 13.2 Å². The highest BCUT2D eigenvalue weighted by Gasteiger charge is 2.25. The Bertz CT molecular complexity index is 985. The molecular weight excluding hydrogens is 410 g/mol. The summed E-state index contributed by atoms with van der Waals surface area (Å²) in [6.45, 7) is 7.98. The van der Waals surface area contributed by atoms with Gasteiger partial charge in [-0.25, -0.2) is 8.42 Å². The van der Waals surface area contributed by atoms with Crippen LogP contribution >= 0.6 is 11.6 Å². The molecule has 0 atom stereocenters. The molecule has 1 heterocycles. The summed E-state index contributed by atoms with van der Waals surface area (Å²) < 4.78 is 27.3. The number of rotatable bonds is 5. The normalized spacial score (nSPS) is 15.4. The first-order chi connectivity index (χ1) is 13.7. The van der Waals surface area contributed by atoms with Crippen molar-refractivity contribution >= 4 is 33.2 Å². The Morgan fingerprint density at radius 2 is 1.69 bits per heavy atom. The minimum atomic E-state index is -3.77. The van der Waals surface area contributed by atoms with E-state index in [1.165, 1.54) is 23.5 Å². The van der Waals surface area contributed by atoms with Gasteiger partial charge in [-0.15, -0.1) is 0 Å². The molecule has 0 radical (unpaired) electrons. The number of carbonyl (C=O) groups is 1. The van der Waals surface area contributed by atoms with Gasteiger partial charge in [0.15, 0.2) is 0 Å². The lowest BCUT2D eigenvalue weighted by Gasteiger charge is -2.34. The van der Waals surface area contributed by atoms with E-state index in [-0.39, 0.29) is 10.8 Å². The molecule has 0 unspecified atom stereocenters. The van der Waals surface area contributed by atoms with Crippen LogP contribution in [0.4, 0.5) is 5.69 Å². The molecule has 6 nitrogen and oxygen atoms in total. The first-order valence-electron chi connectivity index (χ1n) is 9.61. The van der Waals surface area contributed by atoms with Crippen LogP contribution in [0.1, 0.15) is 22.8 Å². The maximum Gasteiger partial charge on any atom is 0.264 e. The summed E-state index contributed by atoms with van der Waals surface area (Å²) in [5.41, 5.74) is 1.75. The predicted molar refractivity (Wildman–Crippen MR) is 116 cm³/mol. The fourth-order valence-electron chi connectivity index (χ4n) is 3.43. The summed E-state index contributed by atoms with van der Waals surface area (Å²) in [6, 6.07) is 11.3. The number of amides is 1. The summed E-state index contributed by atoms with van der Waals surface area (Å²) >= 11 is 5.88. The van der Waals surface area contributed by atoms with Crippen LogP contribution in [-0.2, 0) is 10.0 Å². The highest BCUT2D eigenvalue weighted by molar-refractivity contribution is 7.92. The molecule has 1 amide bonds. The van der Waals surface area contributed by atoms with Crippen LogP contribution < -0.4 is 4.31 Å². The molecule has 0 saturated carbocycles. The zero-order valence-electron chi connectivity index (χ0n) is 16.9. The molecule has 1 saturated heterocycles. The van der Waals surface area contributed by atoms with Gasteiger partial charge in [-0.2, -0.15) is 0 Å². The Kier molecular flexibility index (Phi) is 6.51. The third-order valence-corrected chi connectivity index (χ3v) is 7.41. The van der Waals surface area contributed by atoms with Crippen molar-refractivity contribution in [2.75, 3.05) is 44.1 Å². The molecule has 1 aliphatic rings. The lowest BCUT2D eigenvalue weighted by atomic mass is 10.1. The summed E-state index contributed by atoms with van der Waals surface area (Å²) in [5, 5.41) is 0.471. The number of piperazine rings is 1. The molecule has 156 valence electrons. The van der Waals surface area contributed by atoms with Crippen molar-refractivity contribution in [1.29, 1.82) is 0 Å². The Morgan fingerprint density at radius 3 is 2.28 bits per heavy atom. The minimum Gasteiger partial charge on any atom is -0.336 e. The number of hydrogen-bond acceptors (Lipinski definition) is 4. The van der Waals surface area contributed by atoms with Crippen LogP contribution in [0.25, 0.3) is 0 Å². The minimum absolute atomic E-state index is 0.0701. The van der Waals surface area contributed by atoms with Gasteiger partial charge in [0.1, 0.15) is 0 Å². The van der Waals surface area contributed by atoms with E-state index in [1.54, 1.807) is 30.3 Å². The second-order valence-electron chi connectivity index (χ2n) is 7.15. The molecule has 0 aromatic heterocycles. The van der Waals surface area contributed by atoms with Gasteiger partial charge in [0.05, 0.1) is 10.6 Å². The average molecular weight is 436 g/mol. The lowest BCUT2D eigenvalue weighted by Crippen LogP contribution is -2.48. The molecule has 0 aliphatic carbocycles. The number of likely N-dealkylation sites (N-methyl/N-ethyl adjacent to an activating group) is 1. The van der Waals surface area contributed by atoms with Crippen LogP contribution in [0.5, 0.6) is 0 Å². The van der Waals surface area contributed by atoms with Crippen LogP contribution in [0, 0.1) is 6.92 Å². The number of benzene rings is 2. The number of halogens is 1. The molecule has 2 aromatic carbocycles. The second kappa shape index (κ2) is 8.73. The van der Waals surface area contributed by atoms with Gasteiger partial charge in [-0.1, -0.05) is 24.6 Å². The van der Waals surface area contributed by atoms with Gasteiger partial charge < -0.3 is 9.80 Å². The van der Waals surface area contributed by atoms with Gasteiger partial charge in [0.2, 0.25) is 0 Å². The monoisotopic (exact) mass is 435 g/mol. The third-order valence-electron chi connectivity index (χ3n) is 5.37. The fourth-order valence-corrected chi connectivity index (χ4v) is 4.80. The molecular formula is C21H26ClN3O3S. The first kappa shape index (κ1) is 21.6. The van der Waals surface area contributed by atoms with Crippen molar-refractivity contribution in [3.05, 3.63) is 58.6 Å². The van der Waals surface area contributed by atoms with E-state index in [0.29, 0.717) is 29.4 Å². The summed E-state index contributed by atoms with van der Waals surface area (Å²) in [6.07, 6.45) is 0. The number of anilines is 1. The molecule has 1 aliphatic heterocycles. The van der Waals surface area contributed by atoms with E-state index in [1.807, 2.05) is 11.8 Å². The predicted octanol–water partition coefficient (Wildman–Crippen LogP) is 3.25. The topological polar surface area (TPSA) is 60.9 Å². The highest BCUT2D eigenvalue weighted by Crippen LogP contribution is 2.27. The Labute approximate surface area is 177 Å². The summed E-state index contributed by atoms with van der Waals surface area (Å²) in [7, 11) is -2.27. The Balaban J connectivity index is 1.87. The third kappa shape index (κ3) is 4.57. The maximum atomic E-state index is 13.0. The largest absolute Gasteiger partial charge is 0.336 e. The quantitative estimate of drug-likeness (QED) is 0.723. The highest BCUT2D eigenvalue weighted by atomic mass is 35.5. The van der Waals surface area contributed by atoms with Crippen molar-refractivity contribution in [2.24, 2.45) is 0 Å². The van der Waals surface area contributed by atoms with Gasteiger partial charge >= 0.3 is 0 Å². The molecule has 0 spiro atoms. The maximum absolute atomic E-state index is 13.0. The molecule has 29 heavy (non-hydrogen) atoms. The number of nitrogens with zero attached hydrogens (tertiary/aromatic N) is 3. The van der Waals surface area contributed by atoms with Crippen molar-refractivity contribution < 1.29 is 13.2 Å². The summed E-state index contributed by atoms with van der Waals surface area (Å²) in [5.74, 6) is -0.0701. The Hall–Kier alpha value is -2.09. The van der Waals surface area contributed by atoms with Crippen LogP contribution in [0.2, 0.25) is 5.02 Å². The van der Waals surface area contributed by atoms with Gasteiger partial charge in [-0.05, 0) is 55.4 Å². The van der Waals surface area contributed by atoms with E-state index in [0.717, 1.165) is 25.2 Å². The van der Waals surface area contributed by atoms with Crippen molar-refractivity contribution in [1.82, 2.24) is 9.80 Å². The van der Waals surface area contributed by atoms with Crippen molar-refractivity contribution in [2.45, 2.75) is 18.7 Å². The van der Waals surface area contributed by atoms with Crippen molar-refractivity contribution in [3.8, 4) is 0 Å². The Morgan fingerprint density at radius 1 is 1.07 bits per heavy atom. The van der Waals surface area contributed by atoms with Gasteiger partial charge in [-0.3, -0.25) is 9.10 Å².